The van der Waals surface area contributed by atoms with E-state index < -0.39 is 86.8 Å². The lowest BCUT2D eigenvalue weighted by Crippen LogP contribution is -2.65. The van der Waals surface area contributed by atoms with Crippen molar-refractivity contribution in [2.75, 3.05) is 19.8 Å². The number of carbonyl (C=O) groups excluding carboxylic acids is 1. The summed E-state index contributed by atoms with van der Waals surface area (Å²) >= 11 is 0. The second-order valence-corrected chi connectivity index (χ2v) is 27.1. The summed E-state index contributed by atoms with van der Waals surface area (Å²) in [5.41, 5.74) is 0. The molecule has 12 unspecified atom stereocenters. The molecule has 2 fully saturated rings. The van der Waals surface area contributed by atoms with Gasteiger partial charge in [0.05, 0.1) is 32.0 Å². The molecular formula is C76H143NO13. The van der Waals surface area contributed by atoms with Gasteiger partial charge < -0.3 is 65.1 Å². The van der Waals surface area contributed by atoms with E-state index in [2.05, 4.69) is 43.5 Å². The molecule has 2 heterocycles. The quantitative estimate of drug-likeness (QED) is 0.0204. The van der Waals surface area contributed by atoms with Crippen LogP contribution in [-0.2, 0) is 23.7 Å². The van der Waals surface area contributed by atoms with E-state index in [0.717, 1.165) is 44.9 Å². The molecule has 0 aromatic carbocycles. The number of hydrogen-bond donors (Lipinski definition) is 9. The van der Waals surface area contributed by atoms with E-state index in [1.54, 1.807) is 6.08 Å². The fourth-order valence-electron chi connectivity index (χ4n) is 12.7. The van der Waals surface area contributed by atoms with Crippen molar-refractivity contribution in [2.45, 2.75) is 421 Å². The monoisotopic (exact) mass is 1280 g/mol. The molecule has 0 aromatic rings. The molecule has 2 aliphatic rings. The number of allylic oxidation sites excluding steroid dienone is 5. The molecule has 90 heavy (non-hydrogen) atoms. The molecule has 2 rings (SSSR count). The molecule has 14 heteroatoms. The van der Waals surface area contributed by atoms with Gasteiger partial charge in [0.2, 0.25) is 5.91 Å². The molecule has 9 N–H and O–H groups in total. The van der Waals surface area contributed by atoms with Gasteiger partial charge in [-0.05, 0) is 44.9 Å². The molecule has 1 amide bonds. The predicted molar refractivity (Wildman–Crippen MR) is 369 cm³/mol. The SMILES string of the molecule is CCCCCCCCCCCCCCCCC/C=C/CC/C=C/CC/C=C/C(O)C(COC1OC(CO)C(OC2OC(CO)C(O)C(O)C2O)C(O)C1O)NC(=O)CCCCCCCCCCCCCCCCCCCCCCCCCCCCCCCCC. The fraction of sp³-hybridized carbons (Fsp3) is 0.908. The number of carbonyl (C=O) groups is 1. The predicted octanol–water partition coefficient (Wildman–Crippen LogP) is 16.5. The summed E-state index contributed by atoms with van der Waals surface area (Å²) in [4.78, 5) is 13.4. The van der Waals surface area contributed by atoms with E-state index in [9.17, 15) is 45.6 Å². The van der Waals surface area contributed by atoms with Crippen LogP contribution in [0.3, 0.4) is 0 Å². The summed E-state index contributed by atoms with van der Waals surface area (Å²) in [5, 5.41) is 87.5. The van der Waals surface area contributed by atoms with Gasteiger partial charge in [0.25, 0.3) is 0 Å². The first kappa shape index (κ1) is 84.3. The van der Waals surface area contributed by atoms with Crippen LogP contribution >= 0.6 is 0 Å². The van der Waals surface area contributed by atoms with Gasteiger partial charge in [0, 0.05) is 6.42 Å². The second-order valence-electron chi connectivity index (χ2n) is 27.1. The number of aliphatic hydroxyl groups is 8. The van der Waals surface area contributed by atoms with Gasteiger partial charge in [-0.3, -0.25) is 4.79 Å². The van der Waals surface area contributed by atoms with Crippen LogP contribution in [-0.4, -0.2) is 140 Å². The highest BCUT2D eigenvalue weighted by atomic mass is 16.7. The maximum Gasteiger partial charge on any atom is 0.220 e. The van der Waals surface area contributed by atoms with Crippen LogP contribution in [0, 0.1) is 0 Å². The zero-order chi connectivity index (χ0) is 65.2. The number of aliphatic hydroxyl groups excluding tert-OH is 8. The third-order valence-electron chi connectivity index (χ3n) is 18.8. The van der Waals surface area contributed by atoms with Crippen LogP contribution in [0.5, 0.6) is 0 Å². The fourth-order valence-corrected chi connectivity index (χ4v) is 12.7. The summed E-state index contributed by atoms with van der Waals surface area (Å²) in [6, 6.07) is -0.938. The highest BCUT2D eigenvalue weighted by Crippen LogP contribution is 2.30. The van der Waals surface area contributed by atoms with Crippen LogP contribution in [0.1, 0.15) is 348 Å². The Balaban J connectivity index is 1.65. The molecule has 0 bridgehead atoms. The molecule has 2 aliphatic heterocycles. The molecule has 2 saturated heterocycles. The summed E-state index contributed by atoms with van der Waals surface area (Å²) in [6.07, 6.45) is 62.3. The second kappa shape index (κ2) is 60.8. The van der Waals surface area contributed by atoms with Crippen LogP contribution in [0.2, 0.25) is 0 Å². The first-order chi connectivity index (χ1) is 44.1. The van der Waals surface area contributed by atoms with Gasteiger partial charge in [-0.1, -0.05) is 333 Å². The molecule has 0 spiro atoms. The Kier molecular flexibility index (Phi) is 57.0. The van der Waals surface area contributed by atoms with E-state index in [0.29, 0.717) is 12.8 Å². The third kappa shape index (κ3) is 44.0. The standard InChI is InChI=1S/C76H143NO13/c1-3-5-7-9-11-13-15-17-19-21-23-25-27-29-30-31-32-33-34-36-38-40-42-44-46-48-50-52-54-56-58-60-68(81)77-64(63-87-75-73(86)71(84)74(67(62-79)89-75)90-76-72(85)70(83)69(82)66(61-78)88-76)65(80)59-57-55-53-51-49-47-45-43-41-39-37-35-28-26-24-22-20-18-16-14-12-10-8-6-4-2/h41,43,49,51,57,59,64-67,69-76,78-80,82-86H,3-40,42,44-48,50,52-56,58,60-63H2,1-2H3,(H,77,81)/b43-41+,51-49+,59-57+. The highest BCUT2D eigenvalue weighted by Gasteiger charge is 2.51. The van der Waals surface area contributed by atoms with Crippen LogP contribution in [0.4, 0.5) is 0 Å². The van der Waals surface area contributed by atoms with Gasteiger partial charge in [0.15, 0.2) is 12.6 Å². The Morgan fingerprint density at radius 1 is 0.389 bits per heavy atom. The normalized spacial score (nSPS) is 23.0. The van der Waals surface area contributed by atoms with Crippen molar-refractivity contribution >= 4 is 5.91 Å². The van der Waals surface area contributed by atoms with Crippen molar-refractivity contribution in [3.05, 3.63) is 36.5 Å². The number of nitrogens with one attached hydrogen (secondary N) is 1. The van der Waals surface area contributed by atoms with E-state index in [-0.39, 0.29) is 18.9 Å². The number of hydrogen-bond acceptors (Lipinski definition) is 13. The Bertz CT molecular complexity index is 1650. The molecule has 0 saturated carbocycles. The topological polar surface area (TPSA) is 228 Å². The minimum atomic E-state index is -1.79. The van der Waals surface area contributed by atoms with E-state index in [1.165, 1.54) is 270 Å². The van der Waals surface area contributed by atoms with Crippen LogP contribution in [0.25, 0.3) is 0 Å². The number of unbranched alkanes of at least 4 members (excludes halogenated alkanes) is 47. The zero-order valence-electron chi connectivity index (χ0n) is 57.9. The smallest absolute Gasteiger partial charge is 0.220 e. The van der Waals surface area contributed by atoms with Crippen molar-refractivity contribution in [1.82, 2.24) is 5.32 Å². The lowest BCUT2D eigenvalue weighted by atomic mass is 9.97. The Hall–Kier alpha value is -1.79. The molecule has 0 aromatic heterocycles. The summed E-state index contributed by atoms with van der Waals surface area (Å²) in [5.74, 6) is -0.246. The van der Waals surface area contributed by atoms with Crippen molar-refractivity contribution < 1.29 is 64.6 Å². The molecule has 0 radical (unpaired) electrons. The third-order valence-corrected chi connectivity index (χ3v) is 18.8. The summed E-state index contributed by atoms with van der Waals surface area (Å²) in [7, 11) is 0. The maximum absolute atomic E-state index is 13.4. The lowest BCUT2D eigenvalue weighted by molar-refractivity contribution is -0.359. The largest absolute Gasteiger partial charge is 0.394 e. The van der Waals surface area contributed by atoms with Gasteiger partial charge >= 0.3 is 0 Å². The average Bonchev–Trinajstić information content (AvgIpc) is 1.31. The first-order valence-corrected chi connectivity index (χ1v) is 38.2. The van der Waals surface area contributed by atoms with E-state index in [1.807, 2.05) is 6.08 Å². The van der Waals surface area contributed by atoms with Gasteiger partial charge in [-0.15, -0.1) is 0 Å². The summed E-state index contributed by atoms with van der Waals surface area (Å²) < 4.78 is 22.9. The molecule has 530 valence electrons. The minimum Gasteiger partial charge on any atom is -0.394 e. The van der Waals surface area contributed by atoms with Crippen LogP contribution in [0.15, 0.2) is 36.5 Å². The van der Waals surface area contributed by atoms with Gasteiger partial charge in [-0.2, -0.15) is 0 Å². The minimum absolute atomic E-state index is 0.246. The van der Waals surface area contributed by atoms with E-state index in [4.69, 9.17) is 18.9 Å². The Morgan fingerprint density at radius 3 is 1.09 bits per heavy atom. The molecule has 14 nitrogen and oxygen atoms in total. The van der Waals surface area contributed by atoms with Gasteiger partial charge in [0.1, 0.15) is 48.8 Å². The molecule has 0 aliphatic carbocycles. The van der Waals surface area contributed by atoms with Crippen molar-refractivity contribution in [2.24, 2.45) is 0 Å². The first-order valence-electron chi connectivity index (χ1n) is 38.2. The molecule has 12 atom stereocenters. The number of ether oxygens (including phenoxy) is 4. The zero-order valence-corrected chi connectivity index (χ0v) is 57.9. The summed E-state index contributed by atoms with van der Waals surface area (Å²) in [6.45, 7) is 2.84. The highest BCUT2D eigenvalue weighted by molar-refractivity contribution is 5.76. The van der Waals surface area contributed by atoms with Gasteiger partial charge in [-0.25, -0.2) is 0 Å². The van der Waals surface area contributed by atoms with E-state index >= 15 is 0 Å². The van der Waals surface area contributed by atoms with Crippen molar-refractivity contribution in [3.63, 3.8) is 0 Å². The maximum atomic E-state index is 13.4. The molecular weight excluding hydrogens is 1130 g/mol. The van der Waals surface area contributed by atoms with Crippen molar-refractivity contribution in [3.8, 4) is 0 Å². The van der Waals surface area contributed by atoms with Crippen LogP contribution < -0.4 is 5.32 Å². The average molecular weight is 1280 g/mol. The Labute approximate surface area is 551 Å². The number of rotatable bonds is 64. The lowest BCUT2D eigenvalue weighted by Gasteiger charge is -2.46. The Morgan fingerprint density at radius 2 is 0.711 bits per heavy atom. The van der Waals surface area contributed by atoms with Crippen molar-refractivity contribution in [1.29, 1.82) is 0 Å². The number of amides is 1.